The van der Waals surface area contributed by atoms with E-state index in [-0.39, 0.29) is 67.1 Å². The number of ether oxygens (including phenoxy) is 5. The number of β-amino-alcohol motifs (C(OH)–C–C–N with tert-alkyl or cyclic N) is 1. The highest BCUT2D eigenvalue weighted by Crippen LogP contribution is 2.39. The van der Waals surface area contributed by atoms with Crippen LogP contribution in [-0.2, 0) is 36.9 Å². The van der Waals surface area contributed by atoms with Crippen molar-refractivity contribution in [2.75, 3.05) is 53.2 Å². The van der Waals surface area contributed by atoms with Crippen molar-refractivity contribution < 1.29 is 48.0 Å². The molecule has 0 unspecified atom stereocenters. The molecule has 2 fully saturated rings. The van der Waals surface area contributed by atoms with Crippen LogP contribution in [0.25, 0.3) is 22.2 Å². The van der Waals surface area contributed by atoms with Gasteiger partial charge in [-0.3, -0.25) is 24.1 Å². The van der Waals surface area contributed by atoms with E-state index in [2.05, 4.69) is 22.9 Å². The van der Waals surface area contributed by atoms with Crippen molar-refractivity contribution >= 4 is 57.8 Å². The molecule has 386 valence electrons. The van der Waals surface area contributed by atoms with E-state index < -0.39 is 24.1 Å². The highest BCUT2D eigenvalue weighted by molar-refractivity contribution is 8.18. The second-order valence-corrected chi connectivity index (χ2v) is 20.3. The van der Waals surface area contributed by atoms with Gasteiger partial charge in [0, 0.05) is 55.9 Å². The van der Waals surface area contributed by atoms with Gasteiger partial charge in [0.25, 0.3) is 11.1 Å². The number of carbonyl (C=O) groups excluding carboxylic acids is 4. The fraction of sp³-hybridized carbons (Fsp3) is 0.357. The zero-order valence-electron chi connectivity index (χ0n) is 42.1. The maximum Gasteiger partial charge on any atom is 0.293 e. The largest absolute Gasteiger partial charge is 0.493 e. The summed E-state index contributed by atoms with van der Waals surface area (Å²) in [5.74, 6) is 0.990. The second kappa shape index (κ2) is 24.3. The van der Waals surface area contributed by atoms with Crippen LogP contribution in [0.3, 0.4) is 0 Å². The lowest BCUT2D eigenvalue weighted by atomic mass is 10.00. The van der Waals surface area contributed by atoms with Gasteiger partial charge in [-0.25, -0.2) is 4.98 Å². The number of aliphatic hydroxyl groups excluding tert-OH is 1. The number of aromatic nitrogens is 1. The molecule has 0 bridgehead atoms. The van der Waals surface area contributed by atoms with E-state index >= 15 is 0 Å². The van der Waals surface area contributed by atoms with E-state index in [0.29, 0.717) is 66.9 Å². The van der Waals surface area contributed by atoms with E-state index in [4.69, 9.17) is 23.7 Å². The predicted molar refractivity (Wildman–Crippen MR) is 283 cm³/mol. The molecular weight excluding hydrogens is 981 g/mol. The van der Waals surface area contributed by atoms with Crippen LogP contribution in [0.15, 0.2) is 95.9 Å². The van der Waals surface area contributed by atoms with Crippen LogP contribution in [0.4, 0.5) is 4.79 Å². The number of nitrogens with one attached hydrogen (secondary N) is 1. The van der Waals surface area contributed by atoms with Crippen molar-refractivity contribution in [1.29, 1.82) is 5.26 Å². The molecule has 2 saturated heterocycles. The molecule has 3 aliphatic heterocycles. The Kier molecular flexibility index (Phi) is 17.5. The summed E-state index contributed by atoms with van der Waals surface area (Å²) < 4.78 is 29.5. The molecule has 0 spiro atoms. The van der Waals surface area contributed by atoms with Gasteiger partial charge in [-0.15, -0.1) is 11.3 Å². The summed E-state index contributed by atoms with van der Waals surface area (Å²) in [4.78, 5) is 64.8. The first-order valence-electron chi connectivity index (χ1n) is 24.5. The number of hydrogen-bond donors (Lipinski definition) is 2. The summed E-state index contributed by atoms with van der Waals surface area (Å²) in [6.45, 7) is 14.3. The fourth-order valence-electron chi connectivity index (χ4n) is 9.22. The van der Waals surface area contributed by atoms with Gasteiger partial charge in [-0.2, -0.15) is 5.26 Å². The molecule has 8 rings (SSSR count). The fourth-order valence-corrected chi connectivity index (χ4v) is 10.9. The van der Waals surface area contributed by atoms with E-state index in [1.807, 2.05) is 75.1 Å². The number of thioether (sulfide) groups is 1. The first-order chi connectivity index (χ1) is 35.7. The van der Waals surface area contributed by atoms with Gasteiger partial charge in [0.2, 0.25) is 11.8 Å². The summed E-state index contributed by atoms with van der Waals surface area (Å²) >= 11 is 2.38. The van der Waals surface area contributed by atoms with Gasteiger partial charge < -0.3 is 43.9 Å². The van der Waals surface area contributed by atoms with Crippen LogP contribution in [0.5, 0.6) is 23.0 Å². The third-order valence-corrected chi connectivity index (χ3v) is 14.9. The van der Waals surface area contributed by atoms with E-state index in [1.165, 1.54) is 23.3 Å². The molecule has 18 heteroatoms. The Labute approximate surface area is 439 Å². The van der Waals surface area contributed by atoms with Crippen molar-refractivity contribution in [2.24, 2.45) is 5.92 Å². The minimum atomic E-state index is -0.851. The summed E-state index contributed by atoms with van der Waals surface area (Å²) in [5.41, 5.74) is 9.22. The Morgan fingerprint density at radius 1 is 0.959 bits per heavy atom. The SMILES string of the molecule is C=C1c2ccccc2CN1[C@H](C(=O)N1C[C@H](O)C[C@H]1C(=O)NCc1ccc(-c2scnc2C)cc1OCCCOCCOCCN1C(=O)S/C(=C\c2ccc(Oc3ccc(C#N)cc3C)c(OC)c2)C1=O)C(C)C. The molecule has 74 heavy (non-hydrogen) atoms. The van der Waals surface area contributed by atoms with Crippen molar-refractivity contribution in [2.45, 2.75) is 71.8 Å². The number of aryl methyl sites for hydroxylation is 2. The molecule has 0 radical (unpaired) electrons. The molecular formula is C56H60N6O10S2. The molecule has 4 amide bonds. The Morgan fingerprint density at radius 2 is 1.74 bits per heavy atom. The van der Waals surface area contributed by atoms with E-state index in [1.54, 1.807) is 48.0 Å². The maximum absolute atomic E-state index is 14.4. The summed E-state index contributed by atoms with van der Waals surface area (Å²) in [7, 11) is 1.51. The van der Waals surface area contributed by atoms with E-state index in [0.717, 1.165) is 60.7 Å². The number of thiazole rings is 1. The maximum atomic E-state index is 14.4. The number of rotatable bonds is 22. The van der Waals surface area contributed by atoms with Gasteiger partial charge in [0.15, 0.2) is 11.5 Å². The Hall–Kier alpha value is -7.01. The lowest BCUT2D eigenvalue weighted by molar-refractivity contribution is -0.143. The molecule has 1 aromatic heterocycles. The second-order valence-electron chi connectivity index (χ2n) is 18.5. The zero-order valence-corrected chi connectivity index (χ0v) is 43.8. The number of imide groups is 1. The lowest BCUT2D eigenvalue weighted by Crippen LogP contribution is -2.54. The number of nitriles is 1. The number of benzene rings is 4. The molecule has 4 heterocycles. The highest BCUT2D eigenvalue weighted by atomic mass is 32.2. The Bertz CT molecular complexity index is 2990. The van der Waals surface area contributed by atoms with Crippen LogP contribution in [0, 0.1) is 31.1 Å². The average molecular weight is 1040 g/mol. The highest BCUT2D eigenvalue weighted by Gasteiger charge is 2.45. The van der Waals surface area contributed by atoms with Gasteiger partial charge in [-0.1, -0.05) is 62.9 Å². The quantitative estimate of drug-likeness (QED) is 0.0494. The third-order valence-electron chi connectivity index (χ3n) is 13.0. The lowest BCUT2D eigenvalue weighted by Gasteiger charge is -2.36. The topological polar surface area (TPSA) is 193 Å². The number of aliphatic hydroxyl groups is 1. The van der Waals surface area contributed by atoms with Crippen molar-refractivity contribution in [1.82, 2.24) is 25.0 Å². The number of fused-ring (bicyclic) bond motifs is 1. The van der Waals surface area contributed by atoms with Crippen LogP contribution in [0.2, 0.25) is 0 Å². The van der Waals surface area contributed by atoms with Crippen LogP contribution < -0.4 is 19.5 Å². The number of amides is 4. The predicted octanol–water partition coefficient (Wildman–Crippen LogP) is 8.73. The smallest absolute Gasteiger partial charge is 0.293 e. The number of methoxy groups -OCH3 is 1. The standard InChI is InChI=1S/C56H60N6O10S2/c1-34(2)51(61-31-42-10-7-8-11-44(42)37(61)5)55(66)62-32-43(63)28-45(62)53(64)58-30-41-15-14-40(52-36(4)59-33-73-52)27-48(41)71-20-9-19-69-22-23-70-21-18-60-54(65)50(74-56(60)67)26-38-12-17-47(49(25-38)68-6)72-46-16-13-39(29-57)24-35(46)3/h7-8,10-17,24-27,33-34,43,45,51,63H,5,9,18-23,28,30-32H2,1-4,6H3,(H,58,64)/b50-26-/t43-,45+,51+/m1/s1. The normalized spacial score (nSPS) is 17.3. The van der Waals surface area contributed by atoms with Crippen LogP contribution >= 0.6 is 23.1 Å². The molecule has 5 aromatic rings. The minimum absolute atomic E-state index is 0.0629. The Morgan fingerprint density at radius 3 is 2.47 bits per heavy atom. The summed E-state index contributed by atoms with van der Waals surface area (Å²) in [5, 5.41) is 22.6. The van der Waals surface area contributed by atoms with Gasteiger partial charge in [0.1, 0.15) is 23.6 Å². The van der Waals surface area contributed by atoms with Crippen LogP contribution in [-0.4, -0.2) is 119 Å². The van der Waals surface area contributed by atoms with Gasteiger partial charge in [0.05, 0.1) is 78.8 Å². The number of carbonyl (C=O) groups is 4. The van der Waals surface area contributed by atoms with E-state index in [9.17, 15) is 29.5 Å². The summed E-state index contributed by atoms with van der Waals surface area (Å²) in [6.07, 6.45) is 1.49. The molecule has 3 atom stereocenters. The molecule has 4 aromatic carbocycles. The van der Waals surface area contributed by atoms with Crippen molar-refractivity contribution in [3.8, 4) is 39.5 Å². The first kappa shape index (κ1) is 53.3. The van der Waals surface area contributed by atoms with Crippen LogP contribution in [0.1, 0.15) is 65.8 Å². The summed E-state index contributed by atoms with van der Waals surface area (Å²) in [6, 6.07) is 24.9. The molecule has 3 aliphatic rings. The first-order valence-corrected chi connectivity index (χ1v) is 26.2. The van der Waals surface area contributed by atoms with Gasteiger partial charge >= 0.3 is 0 Å². The molecule has 0 saturated carbocycles. The Balaban J connectivity index is 0.788. The van der Waals surface area contributed by atoms with Gasteiger partial charge in [-0.05, 0) is 96.3 Å². The van der Waals surface area contributed by atoms with Crippen molar-refractivity contribution in [3.05, 3.63) is 135 Å². The third kappa shape index (κ3) is 12.3. The number of likely N-dealkylation sites (tertiary alicyclic amines) is 1. The number of nitrogens with zero attached hydrogens (tertiary/aromatic N) is 5. The van der Waals surface area contributed by atoms with Crippen molar-refractivity contribution in [3.63, 3.8) is 0 Å². The molecule has 2 N–H and O–H groups in total. The average Bonchev–Trinajstić information content (AvgIpc) is 4.16. The minimum Gasteiger partial charge on any atom is -0.493 e. The zero-order chi connectivity index (χ0) is 52.5. The number of hydrogen-bond acceptors (Lipinski definition) is 15. The monoisotopic (exact) mass is 1040 g/mol. The molecule has 0 aliphatic carbocycles. The molecule has 16 nitrogen and oxygen atoms in total.